The van der Waals surface area contributed by atoms with Crippen LogP contribution in [-0.2, 0) is 9.47 Å². The summed E-state index contributed by atoms with van der Waals surface area (Å²) in [5.74, 6) is -0.859. The summed E-state index contributed by atoms with van der Waals surface area (Å²) in [5, 5.41) is 0.724. The first-order valence-electron chi connectivity index (χ1n) is 6.45. The van der Waals surface area contributed by atoms with Crippen molar-refractivity contribution in [2.24, 2.45) is 0 Å². The molecule has 6 nitrogen and oxygen atoms in total. The maximum absolute atomic E-state index is 11.8. The number of carbonyl (C=O) groups excluding carboxylic acids is 2. The van der Waals surface area contributed by atoms with Crippen molar-refractivity contribution in [1.29, 1.82) is 0 Å². The largest absolute Gasteiger partial charge is 0.465 e. The van der Waals surface area contributed by atoms with E-state index in [1.807, 2.05) is 19.0 Å². The van der Waals surface area contributed by atoms with Crippen molar-refractivity contribution < 1.29 is 23.5 Å². The number of benzene rings is 1. The van der Waals surface area contributed by atoms with Crippen molar-refractivity contribution in [2.75, 3.05) is 34.4 Å². The Morgan fingerprint density at radius 1 is 1.19 bits per heavy atom. The summed E-state index contributed by atoms with van der Waals surface area (Å²) < 4.78 is 15.2. The van der Waals surface area contributed by atoms with E-state index in [2.05, 4.69) is 4.74 Å². The Hall–Kier alpha value is -2.34. The predicted octanol–water partition coefficient (Wildman–Crippen LogP) is 1.94. The molecule has 0 N–H and O–H groups in total. The molecule has 0 atom stereocenters. The van der Waals surface area contributed by atoms with Crippen LogP contribution in [0, 0.1) is 0 Å². The van der Waals surface area contributed by atoms with Gasteiger partial charge in [-0.05, 0) is 32.3 Å². The van der Waals surface area contributed by atoms with Gasteiger partial charge in [0.1, 0.15) is 12.2 Å². The topological polar surface area (TPSA) is 69.0 Å². The number of carbonyl (C=O) groups is 2. The quantitative estimate of drug-likeness (QED) is 0.784. The van der Waals surface area contributed by atoms with Crippen LogP contribution in [0.2, 0.25) is 0 Å². The summed E-state index contributed by atoms with van der Waals surface area (Å²) >= 11 is 0. The number of nitrogens with zero attached hydrogens (tertiary/aromatic N) is 1. The highest BCUT2D eigenvalue weighted by Gasteiger charge is 2.15. The first-order chi connectivity index (χ1) is 10.0. The van der Waals surface area contributed by atoms with Gasteiger partial charge in [0, 0.05) is 11.9 Å². The molecule has 0 aliphatic rings. The molecule has 0 aliphatic carbocycles. The van der Waals surface area contributed by atoms with E-state index in [9.17, 15) is 9.59 Å². The van der Waals surface area contributed by atoms with Gasteiger partial charge >= 0.3 is 11.9 Å². The molecule has 0 aliphatic heterocycles. The molecule has 0 saturated heterocycles. The summed E-state index contributed by atoms with van der Waals surface area (Å²) in [4.78, 5) is 25.2. The van der Waals surface area contributed by atoms with E-state index in [4.69, 9.17) is 9.15 Å². The van der Waals surface area contributed by atoms with Crippen LogP contribution in [0.25, 0.3) is 11.0 Å². The lowest BCUT2D eigenvalue weighted by Crippen LogP contribution is -2.19. The minimum Gasteiger partial charge on any atom is -0.465 e. The third kappa shape index (κ3) is 3.61. The summed E-state index contributed by atoms with van der Waals surface area (Å²) in [7, 11) is 5.09. The smallest absolute Gasteiger partial charge is 0.374 e. The van der Waals surface area contributed by atoms with Crippen LogP contribution in [-0.4, -0.2) is 51.2 Å². The van der Waals surface area contributed by atoms with E-state index in [1.165, 1.54) is 13.2 Å². The number of esters is 2. The SMILES string of the molecule is COC(=O)c1ccc2cc(C(=O)OCCN(C)C)oc2c1. The molecular formula is C15H17NO5. The third-order valence-electron chi connectivity index (χ3n) is 2.91. The molecule has 0 amide bonds. The fourth-order valence-corrected chi connectivity index (χ4v) is 1.77. The van der Waals surface area contributed by atoms with Crippen LogP contribution >= 0.6 is 0 Å². The van der Waals surface area contributed by atoms with E-state index in [-0.39, 0.29) is 12.4 Å². The molecule has 0 bridgehead atoms. The molecule has 0 saturated carbocycles. The molecule has 2 rings (SSSR count). The van der Waals surface area contributed by atoms with Gasteiger partial charge in [-0.2, -0.15) is 0 Å². The molecule has 0 radical (unpaired) electrons. The fraction of sp³-hybridized carbons (Fsp3) is 0.333. The lowest BCUT2D eigenvalue weighted by atomic mass is 10.2. The minimum absolute atomic E-state index is 0.116. The predicted molar refractivity (Wildman–Crippen MR) is 76.4 cm³/mol. The number of hydrogen-bond acceptors (Lipinski definition) is 6. The molecule has 1 heterocycles. The summed E-state index contributed by atoms with van der Waals surface area (Å²) in [6, 6.07) is 6.44. The van der Waals surface area contributed by atoms with Gasteiger partial charge in [0.25, 0.3) is 0 Å². The monoisotopic (exact) mass is 291 g/mol. The van der Waals surface area contributed by atoms with Gasteiger partial charge in [-0.25, -0.2) is 9.59 Å². The van der Waals surface area contributed by atoms with Crippen LogP contribution in [0.3, 0.4) is 0 Å². The molecule has 1 aromatic heterocycles. The van der Waals surface area contributed by atoms with Gasteiger partial charge in [0.05, 0.1) is 12.7 Å². The molecule has 112 valence electrons. The normalized spacial score (nSPS) is 10.9. The van der Waals surface area contributed by atoms with E-state index in [0.717, 1.165) is 5.39 Å². The Labute approximate surface area is 122 Å². The highest BCUT2D eigenvalue weighted by molar-refractivity contribution is 5.96. The van der Waals surface area contributed by atoms with Crippen LogP contribution in [0.5, 0.6) is 0 Å². The average Bonchev–Trinajstić information content (AvgIpc) is 2.88. The van der Waals surface area contributed by atoms with E-state index in [0.29, 0.717) is 17.7 Å². The van der Waals surface area contributed by atoms with Crippen LogP contribution in [0.4, 0.5) is 0 Å². The Bertz CT molecular complexity index is 659. The Kier molecular flexibility index (Phi) is 4.59. The van der Waals surface area contributed by atoms with Gasteiger partial charge in [-0.1, -0.05) is 6.07 Å². The number of methoxy groups -OCH3 is 1. The van der Waals surface area contributed by atoms with Crippen molar-refractivity contribution >= 4 is 22.9 Å². The highest BCUT2D eigenvalue weighted by atomic mass is 16.5. The third-order valence-corrected chi connectivity index (χ3v) is 2.91. The van der Waals surface area contributed by atoms with E-state index < -0.39 is 11.9 Å². The zero-order valence-corrected chi connectivity index (χ0v) is 12.2. The second-order valence-corrected chi connectivity index (χ2v) is 4.79. The molecular weight excluding hydrogens is 274 g/mol. The standard InChI is InChI=1S/C15H17NO5/c1-16(2)6-7-20-15(18)13-8-10-4-5-11(14(17)19-3)9-12(10)21-13/h4-5,8-9H,6-7H2,1-3H3. The molecule has 2 aromatic rings. The second-order valence-electron chi connectivity index (χ2n) is 4.79. The van der Waals surface area contributed by atoms with Gasteiger partial charge in [0.2, 0.25) is 5.76 Å². The molecule has 0 fully saturated rings. The van der Waals surface area contributed by atoms with Gasteiger partial charge in [0.15, 0.2) is 0 Å². The zero-order valence-electron chi connectivity index (χ0n) is 12.2. The molecule has 1 aromatic carbocycles. The number of fused-ring (bicyclic) bond motifs is 1. The maximum atomic E-state index is 11.8. The summed E-state index contributed by atoms with van der Waals surface area (Å²) in [6.45, 7) is 0.925. The van der Waals surface area contributed by atoms with E-state index >= 15 is 0 Å². The fourth-order valence-electron chi connectivity index (χ4n) is 1.77. The van der Waals surface area contributed by atoms with Crippen molar-refractivity contribution in [3.8, 4) is 0 Å². The zero-order chi connectivity index (χ0) is 15.4. The first kappa shape index (κ1) is 15.1. The van der Waals surface area contributed by atoms with Crippen molar-refractivity contribution in [3.05, 3.63) is 35.6 Å². The summed E-state index contributed by atoms with van der Waals surface area (Å²) in [5.41, 5.74) is 0.810. The molecule has 0 spiro atoms. The van der Waals surface area contributed by atoms with Crippen molar-refractivity contribution in [2.45, 2.75) is 0 Å². The number of ether oxygens (including phenoxy) is 2. The van der Waals surface area contributed by atoms with Crippen LogP contribution in [0.15, 0.2) is 28.7 Å². The van der Waals surface area contributed by atoms with Crippen LogP contribution < -0.4 is 0 Å². The lowest BCUT2D eigenvalue weighted by molar-refractivity contribution is 0.0448. The minimum atomic E-state index is -0.521. The van der Waals surface area contributed by atoms with Crippen molar-refractivity contribution in [3.63, 3.8) is 0 Å². The Morgan fingerprint density at radius 2 is 1.95 bits per heavy atom. The highest BCUT2D eigenvalue weighted by Crippen LogP contribution is 2.21. The van der Waals surface area contributed by atoms with Crippen LogP contribution in [0.1, 0.15) is 20.9 Å². The number of furan rings is 1. The average molecular weight is 291 g/mol. The van der Waals surface area contributed by atoms with Gasteiger partial charge < -0.3 is 18.8 Å². The van der Waals surface area contributed by atoms with E-state index in [1.54, 1.807) is 18.2 Å². The molecule has 0 unspecified atom stereocenters. The second kappa shape index (κ2) is 6.41. The van der Waals surface area contributed by atoms with Crippen molar-refractivity contribution in [1.82, 2.24) is 4.90 Å². The maximum Gasteiger partial charge on any atom is 0.374 e. The van der Waals surface area contributed by atoms with Gasteiger partial charge in [-0.15, -0.1) is 0 Å². The summed E-state index contributed by atoms with van der Waals surface area (Å²) in [6.07, 6.45) is 0. The Morgan fingerprint density at radius 3 is 2.62 bits per heavy atom. The molecule has 21 heavy (non-hydrogen) atoms. The lowest BCUT2D eigenvalue weighted by Gasteiger charge is -2.08. The molecule has 6 heteroatoms. The van der Waals surface area contributed by atoms with Gasteiger partial charge in [-0.3, -0.25) is 0 Å². The number of hydrogen-bond donors (Lipinski definition) is 0. The first-order valence-corrected chi connectivity index (χ1v) is 6.45. The number of rotatable bonds is 5. The Balaban J connectivity index is 2.15. The number of likely N-dealkylation sites (N-methyl/N-ethyl adjacent to an activating group) is 1.